The standard InChI is InChI=1S/C9H14F2O/c1-5(2)6-3-7(10)9(12)8(11)4-6/h3,5,7-9,12H,4H2,1-2H3. The zero-order chi connectivity index (χ0) is 9.30. The molecule has 0 saturated carbocycles. The van der Waals surface area contributed by atoms with Gasteiger partial charge in [0.2, 0.25) is 0 Å². The molecule has 0 aliphatic heterocycles. The normalized spacial score (nSPS) is 36.8. The smallest absolute Gasteiger partial charge is 0.147 e. The van der Waals surface area contributed by atoms with Crippen molar-refractivity contribution >= 4 is 0 Å². The van der Waals surface area contributed by atoms with Crippen LogP contribution in [0.15, 0.2) is 11.6 Å². The highest BCUT2D eigenvalue weighted by molar-refractivity contribution is 5.15. The average Bonchev–Trinajstić information content (AvgIpc) is 1.99. The van der Waals surface area contributed by atoms with Crippen LogP contribution in [0.1, 0.15) is 20.3 Å². The molecule has 1 rings (SSSR count). The molecule has 0 radical (unpaired) electrons. The van der Waals surface area contributed by atoms with Crippen molar-refractivity contribution in [2.45, 2.75) is 38.7 Å². The first kappa shape index (κ1) is 9.65. The van der Waals surface area contributed by atoms with Crippen LogP contribution in [-0.2, 0) is 0 Å². The number of rotatable bonds is 1. The van der Waals surface area contributed by atoms with Gasteiger partial charge in [0, 0.05) is 6.42 Å². The van der Waals surface area contributed by atoms with Crippen molar-refractivity contribution < 1.29 is 13.9 Å². The molecule has 3 unspecified atom stereocenters. The molecule has 70 valence electrons. The minimum Gasteiger partial charge on any atom is -0.387 e. The van der Waals surface area contributed by atoms with Crippen molar-refractivity contribution in [1.82, 2.24) is 0 Å². The summed E-state index contributed by atoms with van der Waals surface area (Å²) in [6.07, 6.45) is -2.94. The summed E-state index contributed by atoms with van der Waals surface area (Å²) >= 11 is 0. The van der Waals surface area contributed by atoms with Gasteiger partial charge in [0.25, 0.3) is 0 Å². The fourth-order valence-electron chi connectivity index (χ4n) is 1.34. The highest BCUT2D eigenvalue weighted by atomic mass is 19.1. The molecule has 1 nitrogen and oxygen atoms in total. The van der Waals surface area contributed by atoms with E-state index in [2.05, 4.69) is 0 Å². The van der Waals surface area contributed by atoms with Gasteiger partial charge in [0.15, 0.2) is 0 Å². The Kier molecular flexibility index (Phi) is 2.83. The Hall–Kier alpha value is -0.440. The summed E-state index contributed by atoms with van der Waals surface area (Å²) in [5, 5.41) is 8.95. The molecule has 3 heteroatoms. The first-order chi connectivity index (χ1) is 5.52. The topological polar surface area (TPSA) is 20.2 Å². The molecule has 0 heterocycles. The van der Waals surface area contributed by atoms with E-state index in [1.54, 1.807) is 0 Å². The van der Waals surface area contributed by atoms with E-state index in [9.17, 15) is 8.78 Å². The second-order valence-corrected chi connectivity index (χ2v) is 3.55. The molecular formula is C9H14F2O. The second-order valence-electron chi connectivity index (χ2n) is 3.55. The average molecular weight is 176 g/mol. The van der Waals surface area contributed by atoms with Crippen molar-refractivity contribution in [2.24, 2.45) is 5.92 Å². The minimum absolute atomic E-state index is 0.161. The third kappa shape index (κ3) is 1.83. The highest BCUT2D eigenvalue weighted by Crippen LogP contribution is 2.28. The maximum atomic E-state index is 12.9. The lowest BCUT2D eigenvalue weighted by molar-refractivity contribution is 0.0209. The van der Waals surface area contributed by atoms with E-state index in [-0.39, 0.29) is 12.3 Å². The summed E-state index contributed by atoms with van der Waals surface area (Å²) in [4.78, 5) is 0. The van der Waals surface area contributed by atoms with Crippen LogP contribution < -0.4 is 0 Å². The van der Waals surface area contributed by atoms with E-state index in [0.29, 0.717) is 0 Å². The SMILES string of the molecule is CC(C)C1=CC(F)C(O)C(F)C1. The Labute approximate surface area is 71.1 Å². The van der Waals surface area contributed by atoms with Gasteiger partial charge in [-0.25, -0.2) is 8.78 Å². The maximum Gasteiger partial charge on any atom is 0.147 e. The lowest BCUT2D eigenvalue weighted by Crippen LogP contribution is -2.35. The Morgan fingerprint density at radius 3 is 2.50 bits per heavy atom. The molecule has 0 aromatic heterocycles. The van der Waals surface area contributed by atoms with Gasteiger partial charge in [-0.3, -0.25) is 0 Å². The van der Waals surface area contributed by atoms with Crippen molar-refractivity contribution in [3.05, 3.63) is 11.6 Å². The van der Waals surface area contributed by atoms with Crippen LogP contribution in [0.3, 0.4) is 0 Å². The molecule has 0 amide bonds. The molecule has 0 fully saturated rings. The molecule has 1 N–H and O–H groups in total. The number of halogens is 2. The quantitative estimate of drug-likeness (QED) is 0.606. The Morgan fingerprint density at radius 2 is 2.08 bits per heavy atom. The third-order valence-corrected chi connectivity index (χ3v) is 2.24. The van der Waals surface area contributed by atoms with Gasteiger partial charge in [0.05, 0.1) is 0 Å². The van der Waals surface area contributed by atoms with Gasteiger partial charge < -0.3 is 5.11 Å². The van der Waals surface area contributed by atoms with Crippen LogP contribution in [0.4, 0.5) is 8.78 Å². The van der Waals surface area contributed by atoms with Gasteiger partial charge in [0.1, 0.15) is 18.4 Å². The zero-order valence-electron chi connectivity index (χ0n) is 7.30. The first-order valence-electron chi connectivity index (χ1n) is 4.19. The van der Waals surface area contributed by atoms with Crippen LogP contribution in [-0.4, -0.2) is 23.6 Å². The summed E-state index contributed by atoms with van der Waals surface area (Å²) < 4.78 is 25.8. The van der Waals surface area contributed by atoms with Gasteiger partial charge in [-0.05, 0) is 12.0 Å². The Bertz CT molecular complexity index is 189. The Morgan fingerprint density at radius 1 is 1.50 bits per heavy atom. The Balaban J connectivity index is 2.74. The van der Waals surface area contributed by atoms with Gasteiger partial charge >= 0.3 is 0 Å². The predicted octanol–water partition coefficient (Wildman–Crippen LogP) is 2.01. The van der Waals surface area contributed by atoms with Crippen LogP contribution in [0.5, 0.6) is 0 Å². The maximum absolute atomic E-state index is 12.9. The van der Waals surface area contributed by atoms with Crippen molar-refractivity contribution in [3.8, 4) is 0 Å². The second kappa shape index (κ2) is 3.52. The monoisotopic (exact) mass is 176 g/mol. The zero-order valence-corrected chi connectivity index (χ0v) is 7.30. The molecule has 0 bridgehead atoms. The van der Waals surface area contributed by atoms with E-state index < -0.39 is 18.4 Å². The lowest BCUT2D eigenvalue weighted by Gasteiger charge is -2.26. The number of allylic oxidation sites excluding steroid dienone is 1. The van der Waals surface area contributed by atoms with E-state index in [0.717, 1.165) is 5.57 Å². The van der Waals surface area contributed by atoms with E-state index in [4.69, 9.17) is 5.11 Å². The molecule has 0 spiro atoms. The van der Waals surface area contributed by atoms with Crippen LogP contribution in [0, 0.1) is 5.92 Å². The van der Waals surface area contributed by atoms with E-state index >= 15 is 0 Å². The summed E-state index contributed by atoms with van der Waals surface area (Å²) in [5.74, 6) is 0.161. The molecule has 0 saturated heterocycles. The third-order valence-electron chi connectivity index (χ3n) is 2.24. The molecule has 1 aliphatic rings. The highest BCUT2D eigenvalue weighted by Gasteiger charge is 2.32. The fourth-order valence-corrected chi connectivity index (χ4v) is 1.34. The summed E-state index contributed by atoms with van der Waals surface area (Å²) in [5.41, 5.74) is 0.764. The number of alkyl halides is 2. The van der Waals surface area contributed by atoms with Crippen LogP contribution in [0.2, 0.25) is 0 Å². The summed E-state index contributed by atoms with van der Waals surface area (Å²) in [6.45, 7) is 3.78. The fraction of sp³-hybridized carbons (Fsp3) is 0.778. The van der Waals surface area contributed by atoms with Gasteiger partial charge in [-0.15, -0.1) is 0 Å². The molecule has 1 aliphatic carbocycles. The molecule has 0 aromatic rings. The van der Waals surface area contributed by atoms with Crippen LogP contribution in [0.25, 0.3) is 0 Å². The number of hydrogen-bond donors (Lipinski definition) is 1. The van der Waals surface area contributed by atoms with E-state index in [1.165, 1.54) is 6.08 Å². The lowest BCUT2D eigenvalue weighted by atomic mass is 9.88. The number of hydrogen-bond acceptors (Lipinski definition) is 1. The van der Waals surface area contributed by atoms with Crippen molar-refractivity contribution in [2.75, 3.05) is 0 Å². The molecule has 3 atom stereocenters. The predicted molar refractivity (Wildman–Crippen MR) is 43.3 cm³/mol. The number of aliphatic hydroxyl groups excluding tert-OH is 1. The van der Waals surface area contributed by atoms with E-state index in [1.807, 2.05) is 13.8 Å². The molecule has 0 aromatic carbocycles. The molecular weight excluding hydrogens is 162 g/mol. The minimum atomic E-state index is -1.54. The largest absolute Gasteiger partial charge is 0.387 e. The van der Waals surface area contributed by atoms with Gasteiger partial charge in [-0.1, -0.05) is 19.4 Å². The summed E-state index contributed by atoms with van der Waals surface area (Å²) in [7, 11) is 0. The summed E-state index contributed by atoms with van der Waals surface area (Å²) in [6, 6.07) is 0. The number of aliphatic hydroxyl groups is 1. The van der Waals surface area contributed by atoms with Crippen molar-refractivity contribution in [1.29, 1.82) is 0 Å². The van der Waals surface area contributed by atoms with Crippen molar-refractivity contribution in [3.63, 3.8) is 0 Å². The first-order valence-corrected chi connectivity index (χ1v) is 4.19. The van der Waals surface area contributed by atoms with Crippen LogP contribution >= 0.6 is 0 Å². The molecule has 12 heavy (non-hydrogen) atoms. The van der Waals surface area contributed by atoms with Gasteiger partial charge in [-0.2, -0.15) is 0 Å².